The summed E-state index contributed by atoms with van der Waals surface area (Å²) in [4.78, 5) is 23.6. The highest BCUT2D eigenvalue weighted by atomic mass is 79.9. The lowest BCUT2D eigenvalue weighted by molar-refractivity contribution is -0.123. The number of amides is 2. The molecule has 0 radical (unpaired) electrons. The highest BCUT2D eigenvalue weighted by Gasteiger charge is 2.07. The van der Waals surface area contributed by atoms with Gasteiger partial charge >= 0.3 is 0 Å². The largest absolute Gasteiger partial charge is 0.347 e. The number of carbonyl (C=O) groups is 2. The average molecular weight is 372 g/mol. The van der Waals surface area contributed by atoms with Crippen molar-refractivity contribution in [2.45, 2.75) is 6.42 Å². The maximum absolute atomic E-state index is 11.8. The molecular formula is C17H14BrN3O2. The van der Waals surface area contributed by atoms with Crippen molar-refractivity contribution in [3.63, 3.8) is 0 Å². The van der Waals surface area contributed by atoms with Crippen molar-refractivity contribution in [2.24, 2.45) is 0 Å². The Labute approximate surface area is 142 Å². The molecule has 0 aliphatic rings. The fraction of sp³-hybridized carbons (Fsp3) is 0.118. The molecule has 0 aliphatic carbocycles. The van der Waals surface area contributed by atoms with Gasteiger partial charge < -0.3 is 10.6 Å². The molecule has 6 heteroatoms. The van der Waals surface area contributed by atoms with E-state index >= 15 is 0 Å². The van der Waals surface area contributed by atoms with Gasteiger partial charge in [0.15, 0.2) is 0 Å². The van der Waals surface area contributed by atoms with Crippen LogP contribution in [-0.4, -0.2) is 18.4 Å². The molecule has 0 saturated carbocycles. The molecule has 5 nitrogen and oxygen atoms in total. The van der Waals surface area contributed by atoms with Gasteiger partial charge in [0.25, 0.3) is 0 Å². The predicted molar refractivity (Wildman–Crippen MR) is 90.6 cm³/mol. The van der Waals surface area contributed by atoms with Gasteiger partial charge in [-0.1, -0.05) is 28.1 Å². The second kappa shape index (κ2) is 8.11. The van der Waals surface area contributed by atoms with Gasteiger partial charge in [-0.25, -0.2) is 0 Å². The van der Waals surface area contributed by atoms with Crippen LogP contribution in [0.15, 0.2) is 53.0 Å². The van der Waals surface area contributed by atoms with Crippen LogP contribution in [0.25, 0.3) is 0 Å². The molecule has 116 valence electrons. The Morgan fingerprint density at radius 1 is 1.00 bits per heavy atom. The van der Waals surface area contributed by atoms with E-state index in [-0.39, 0.29) is 24.8 Å². The summed E-state index contributed by atoms with van der Waals surface area (Å²) in [5.74, 6) is -0.541. The molecule has 0 spiro atoms. The van der Waals surface area contributed by atoms with Crippen LogP contribution < -0.4 is 10.6 Å². The molecule has 2 aromatic rings. The molecule has 2 aromatic carbocycles. The van der Waals surface area contributed by atoms with Gasteiger partial charge in [-0.05, 0) is 42.0 Å². The van der Waals surface area contributed by atoms with E-state index in [9.17, 15) is 9.59 Å². The Kier molecular flexibility index (Phi) is 5.89. The van der Waals surface area contributed by atoms with Crippen LogP contribution in [0.5, 0.6) is 0 Å². The number of nitriles is 1. The fourth-order valence-corrected chi connectivity index (χ4v) is 2.13. The smallest absolute Gasteiger partial charge is 0.243 e. The van der Waals surface area contributed by atoms with Crippen LogP contribution in [0.4, 0.5) is 5.69 Å². The van der Waals surface area contributed by atoms with Crippen molar-refractivity contribution in [2.75, 3.05) is 11.9 Å². The van der Waals surface area contributed by atoms with Crippen LogP contribution in [0.1, 0.15) is 11.1 Å². The van der Waals surface area contributed by atoms with Gasteiger partial charge in [-0.15, -0.1) is 0 Å². The molecule has 0 atom stereocenters. The minimum atomic E-state index is -0.320. The van der Waals surface area contributed by atoms with Gasteiger partial charge in [-0.2, -0.15) is 5.26 Å². The predicted octanol–water partition coefficient (Wildman–Crippen LogP) is 2.62. The number of benzene rings is 2. The van der Waals surface area contributed by atoms with E-state index in [0.717, 1.165) is 10.0 Å². The van der Waals surface area contributed by atoms with Crippen LogP contribution in [0.3, 0.4) is 0 Å². The van der Waals surface area contributed by atoms with Crippen LogP contribution in [0.2, 0.25) is 0 Å². The Bertz CT molecular complexity index is 734. The summed E-state index contributed by atoms with van der Waals surface area (Å²) in [5, 5.41) is 13.9. The molecule has 2 amide bonds. The van der Waals surface area contributed by atoms with E-state index in [1.165, 1.54) is 0 Å². The lowest BCUT2D eigenvalue weighted by Crippen LogP contribution is -2.33. The van der Waals surface area contributed by atoms with Crippen LogP contribution >= 0.6 is 15.9 Å². The molecule has 2 N–H and O–H groups in total. The molecule has 0 fully saturated rings. The number of hydrogen-bond donors (Lipinski definition) is 2. The second-order valence-electron chi connectivity index (χ2n) is 4.82. The van der Waals surface area contributed by atoms with E-state index in [1.54, 1.807) is 24.3 Å². The van der Waals surface area contributed by atoms with E-state index in [4.69, 9.17) is 5.26 Å². The highest BCUT2D eigenvalue weighted by molar-refractivity contribution is 9.10. The van der Waals surface area contributed by atoms with Crippen molar-refractivity contribution in [3.8, 4) is 6.07 Å². The Morgan fingerprint density at radius 2 is 1.65 bits per heavy atom. The third kappa shape index (κ3) is 5.57. The number of carbonyl (C=O) groups excluding carboxylic acids is 2. The lowest BCUT2D eigenvalue weighted by atomic mass is 10.1. The minimum absolute atomic E-state index is 0.102. The third-order valence-corrected chi connectivity index (χ3v) is 3.55. The molecule has 23 heavy (non-hydrogen) atoms. The monoisotopic (exact) mass is 371 g/mol. The third-order valence-electron chi connectivity index (χ3n) is 3.02. The highest BCUT2D eigenvalue weighted by Crippen LogP contribution is 2.11. The standard InChI is InChI=1S/C17H14BrN3O2/c18-14-5-1-12(2-6-14)9-16(22)20-11-17(23)21-15-7-3-13(10-19)4-8-15/h1-8H,9,11H2,(H,20,22)(H,21,23). The number of rotatable bonds is 5. The summed E-state index contributed by atoms with van der Waals surface area (Å²) >= 11 is 3.33. The van der Waals surface area contributed by atoms with Crippen molar-refractivity contribution >= 4 is 33.4 Å². The van der Waals surface area contributed by atoms with Crippen molar-refractivity contribution in [1.82, 2.24) is 5.32 Å². The summed E-state index contributed by atoms with van der Waals surface area (Å²) in [6.07, 6.45) is 0.220. The number of hydrogen-bond acceptors (Lipinski definition) is 3. The number of halogens is 1. The number of anilines is 1. The van der Waals surface area contributed by atoms with E-state index < -0.39 is 0 Å². The molecule has 0 heterocycles. The van der Waals surface area contributed by atoms with Crippen LogP contribution in [0, 0.1) is 11.3 Å². The quantitative estimate of drug-likeness (QED) is 0.847. The summed E-state index contributed by atoms with van der Waals surface area (Å²) in [6.45, 7) is -0.102. The fourth-order valence-electron chi connectivity index (χ4n) is 1.86. The first kappa shape index (κ1) is 16.7. The molecule has 0 aromatic heterocycles. The first-order valence-electron chi connectivity index (χ1n) is 6.88. The Balaban J connectivity index is 1.78. The molecule has 2 rings (SSSR count). The topological polar surface area (TPSA) is 82.0 Å². The average Bonchev–Trinajstić information content (AvgIpc) is 2.56. The van der Waals surface area contributed by atoms with Gasteiger partial charge in [0.2, 0.25) is 11.8 Å². The first-order chi connectivity index (χ1) is 11.1. The van der Waals surface area contributed by atoms with Crippen molar-refractivity contribution in [1.29, 1.82) is 5.26 Å². The summed E-state index contributed by atoms with van der Waals surface area (Å²) in [6, 6.07) is 15.9. The van der Waals surface area contributed by atoms with Gasteiger partial charge in [0.05, 0.1) is 24.6 Å². The Morgan fingerprint density at radius 3 is 2.26 bits per heavy atom. The SMILES string of the molecule is N#Cc1ccc(NC(=O)CNC(=O)Cc2ccc(Br)cc2)cc1. The normalized spacial score (nSPS) is 9.74. The van der Waals surface area contributed by atoms with Crippen LogP contribution in [-0.2, 0) is 16.0 Å². The summed E-state index contributed by atoms with van der Waals surface area (Å²) in [5.41, 5.74) is 1.97. The maximum Gasteiger partial charge on any atom is 0.243 e. The van der Waals surface area contributed by atoms with E-state index in [1.807, 2.05) is 30.3 Å². The van der Waals surface area contributed by atoms with Gasteiger partial charge in [0.1, 0.15) is 0 Å². The number of nitrogens with one attached hydrogen (secondary N) is 2. The second-order valence-corrected chi connectivity index (χ2v) is 5.73. The zero-order chi connectivity index (χ0) is 16.7. The lowest BCUT2D eigenvalue weighted by Gasteiger charge is -2.07. The van der Waals surface area contributed by atoms with Crippen molar-refractivity contribution in [3.05, 3.63) is 64.1 Å². The molecule has 0 saturated heterocycles. The molecular weight excluding hydrogens is 358 g/mol. The van der Waals surface area contributed by atoms with Gasteiger partial charge in [0, 0.05) is 10.2 Å². The summed E-state index contributed by atoms with van der Waals surface area (Å²) in [7, 11) is 0. The van der Waals surface area contributed by atoms with E-state index in [2.05, 4.69) is 26.6 Å². The first-order valence-corrected chi connectivity index (χ1v) is 7.67. The minimum Gasteiger partial charge on any atom is -0.347 e. The molecule has 0 aliphatic heterocycles. The Hall–Kier alpha value is -2.65. The molecule has 0 bridgehead atoms. The van der Waals surface area contributed by atoms with Crippen molar-refractivity contribution < 1.29 is 9.59 Å². The maximum atomic E-state index is 11.8. The van der Waals surface area contributed by atoms with E-state index in [0.29, 0.717) is 11.3 Å². The summed E-state index contributed by atoms with van der Waals surface area (Å²) < 4.78 is 0.948. The van der Waals surface area contributed by atoms with Gasteiger partial charge in [-0.3, -0.25) is 9.59 Å². The molecule has 0 unspecified atom stereocenters. The zero-order valence-corrected chi connectivity index (χ0v) is 13.8. The zero-order valence-electron chi connectivity index (χ0n) is 12.2. The number of nitrogens with zero attached hydrogens (tertiary/aromatic N) is 1.